The van der Waals surface area contributed by atoms with Gasteiger partial charge in [-0.25, -0.2) is 0 Å². The van der Waals surface area contributed by atoms with Crippen molar-refractivity contribution in [3.63, 3.8) is 0 Å². The van der Waals surface area contributed by atoms with Crippen LogP contribution in [0.5, 0.6) is 0 Å². The summed E-state index contributed by atoms with van der Waals surface area (Å²) < 4.78 is 0. The molecule has 1 atom stereocenters. The van der Waals surface area contributed by atoms with Crippen LogP contribution in [0.1, 0.15) is 45.1 Å². The Morgan fingerprint density at radius 1 is 1.25 bits per heavy atom. The molecule has 0 amide bonds. The van der Waals surface area contributed by atoms with E-state index in [0.717, 1.165) is 12.3 Å². The Bertz CT molecular complexity index is 325. The van der Waals surface area contributed by atoms with E-state index in [1.165, 1.54) is 24.8 Å². The van der Waals surface area contributed by atoms with Gasteiger partial charge in [-0.15, -0.1) is 0 Å². The molecule has 1 heteroatoms. The molecular weight excluding hydrogens is 196 g/mol. The molecule has 1 aromatic carbocycles. The number of rotatable bonds is 5. The number of aliphatic hydroxyl groups is 1. The van der Waals surface area contributed by atoms with Gasteiger partial charge in [0.1, 0.15) is 0 Å². The summed E-state index contributed by atoms with van der Waals surface area (Å²) >= 11 is 0. The molecule has 2 rings (SSSR count). The molecule has 1 fully saturated rings. The van der Waals surface area contributed by atoms with E-state index in [1.807, 2.05) is 18.2 Å². The summed E-state index contributed by atoms with van der Waals surface area (Å²) in [5, 5.41) is 10.3. The summed E-state index contributed by atoms with van der Waals surface area (Å²) in [5.41, 5.74) is 1.11. The highest BCUT2D eigenvalue weighted by atomic mass is 16.3. The molecule has 0 aliphatic heterocycles. The Morgan fingerprint density at radius 2 is 1.88 bits per heavy atom. The van der Waals surface area contributed by atoms with E-state index in [1.54, 1.807) is 0 Å². The summed E-state index contributed by atoms with van der Waals surface area (Å²) in [6.45, 7) is 4.28. The standard InChI is InChI=1S/C15H22O/c1-15(2,13-6-4-3-5-7-13)14(16)11-10-12-8-9-12/h3-7,12,14,16H,8-11H2,1-2H3. The fourth-order valence-electron chi connectivity index (χ4n) is 2.22. The molecule has 1 nitrogen and oxygen atoms in total. The third-order valence-electron chi connectivity index (χ3n) is 3.90. The molecule has 1 unspecified atom stereocenters. The van der Waals surface area contributed by atoms with Gasteiger partial charge in [0.05, 0.1) is 6.10 Å². The van der Waals surface area contributed by atoms with Crippen LogP contribution in [-0.2, 0) is 5.41 Å². The Balaban J connectivity index is 1.99. The van der Waals surface area contributed by atoms with Gasteiger partial charge in [-0.3, -0.25) is 0 Å². The van der Waals surface area contributed by atoms with Gasteiger partial charge in [0.2, 0.25) is 0 Å². The number of hydrogen-bond donors (Lipinski definition) is 1. The Hall–Kier alpha value is -0.820. The molecule has 88 valence electrons. The summed E-state index contributed by atoms with van der Waals surface area (Å²) in [7, 11) is 0. The molecule has 1 aliphatic rings. The quantitative estimate of drug-likeness (QED) is 0.801. The highest BCUT2D eigenvalue weighted by Crippen LogP contribution is 2.37. The fraction of sp³-hybridized carbons (Fsp3) is 0.600. The second-order valence-corrected chi connectivity index (χ2v) is 5.62. The van der Waals surface area contributed by atoms with E-state index in [-0.39, 0.29) is 11.5 Å². The number of aliphatic hydroxyl groups excluding tert-OH is 1. The lowest BCUT2D eigenvalue weighted by molar-refractivity contribution is 0.0876. The van der Waals surface area contributed by atoms with Gasteiger partial charge in [-0.2, -0.15) is 0 Å². The Labute approximate surface area is 98.5 Å². The second kappa shape index (κ2) is 4.58. The Morgan fingerprint density at radius 3 is 2.44 bits per heavy atom. The van der Waals surface area contributed by atoms with Gasteiger partial charge in [0.15, 0.2) is 0 Å². The smallest absolute Gasteiger partial charge is 0.0631 e. The molecule has 0 spiro atoms. The first-order valence-electron chi connectivity index (χ1n) is 6.34. The zero-order chi connectivity index (χ0) is 11.6. The van der Waals surface area contributed by atoms with Gasteiger partial charge < -0.3 is 5.11 Å². The third kappa shape index (κ3) is 2.65. The monoisotopic (exact) mass is 218 g/mol. The minimum Gasteiger partial charge on any atom is -0.392 e. The summed E-state index contributed by atoms with van der Waals surface area (Å²) in [6, 6.07) is 10.3. The fourth-order valence-corrected chi connectivity index (χ4v) is 2.22. The zero-order valence-corrected chi connectivity index (χ0v) is 10.3. The van der Waals surface area contributed by atoms with Crippen LogP contribution in [0.4, 0.5) is 0 Å². The van der Waals surface area contributed by atoms with Crippen molar-refractivity contribution in [2.24, 2.45) is 5.92 Å². The maximum absolute atomic E-state index is 10.3. The number of benzene rings is 1. The molecule has 1 saturated carbocycles. The van der Waals surface area contributed by atoms with Gasteiger partial charge in [-0.1, -0.05) is 57.0 Å². The van der Waals surface area contributed by atoms with E-state index in [9.17, 15) is 5.11 Å². The van der Waals surface area contributed by atoms with Crippen molar-refractivity contribution < 1.29 is 5.11 Å². The van der Waals surface area contributed by atoms with E-state index in [0.29, 0.717) is 0 Å². The van der Waals surface area contributed by atoms with Crippen LogP contribution in [0, 0.1) is 5.92 Å². The van der Waals surface area contributed by atoms with Gasteiger partial charge in [0, 0.05) is 5.41 Å². The minimum absolute atomic E-state index is 0.129. The summed E-state index contributed by atoms with van der Waals surface area (Å²) in [5.74, 6) is 0.904. The van der Waals surface area contributed by atoms with Crippen LogP contribution in [0.3, 0.4) is 0 Å². The van der Waals surface area contributed by atoms with Crippen LogP contribution < -0.4 is 0 Å². The average Bonchev–Trinajstić information content (AvgIpc) is 3.11. The van der Waals surface area contributed by atoms with Crippen LogP contribution >= 0.6 is 0 Å². The lowest BCUT2D eigenvalue weighted by atomic mass is 9.77. The lowest BCUT2D eigenvalue weighted by Gasteiger charge is -2.31. The van der Waals surface area contributed by atoms with E-state index >= 15 is 0 Å². The van der Waals surface area contributed by atoms with Crippen molar-refractivity contribution in [1.29, 1.82) is 0 Å². The molecule has 1 aliphatic carbocycles. The van der Waals surface area contributed by atoms with Crippen molar-refractivity contribution in [3.8, 4) is 0 Å². The highest BCUT2D eigenvalue weighted by molar-refractivity contribution is 5.24. The molecule has 0 aromatic heterocycles. The molecule has 16 heavy (non-hydrogen) atoms. The summed E-state index contributed by atoms with van der Waals surface area (Å²) in [6.07, 6.45) is 4.65. The molecule has 0 saturated heterocycles. The van der Waals surface area contributed by atoms with Crippen LogP contribution in [-0.4, -0.2) is 11.2 Å². The van der Waals surface area contributed by atoms with Crippen LogP contribution in [0.15, 0.2) is 30.3 Å². The van der Waals surface area contributed by atoms with Crippen molar-refractivity contribution >= 4 is 0 Å². The predicted octanol–water partition coefficient (Wildman–Crippen LogP) is 3.52. The maximum atomic E-state index is 10.3. The first-order chi connectivity index (χ1) is 7.60. The molecule has 0 bridgehead atoms. The predicted molar refractivity (Wildman–Crippen MR) is 67.4 cm³/mol. The topological polar surface area (TPSA) is 20.2 Å². The van der Waals surface area contributed by atoms with Gasteiger partial charge in [-0.05, 0) is 24.3 Å². The maximum Gasteiger partial charge on any atom is 0.0631 e. The Kier molecular flexibility index (Phi) is 3.34. The first kappa shape index (κ1) is 11.7. The molecule has 1 aromatic rings. The molecular formula is C15H22O. The zero-order valence-electron chi connectivity index (χ0n) is 10.3. The second-order valence-electron chi connectivity index (χ2n) is 5.62. The highest BCUT2D eigenvalue weighted by Gasteiger charge is 2.31. The minimum atomic E-state index is -0.226. The number of hydrogen-bond acceptors (Lipinski definition) is 1. The van der Waals surface area contributed by atoms with E-state index in [4.69, 9.17) is 0 Å². The van der Waals surface area contributed by atoms with E-state index < -0.39 is 0 Å². The van der Waals surface area contributed by atoms with Crippen molar-refractivity contribution in [1.82, 2.24) is 0 Å². The molecule has 0 radical (unpaired) electrons. The SMILES string of the molecule is CC(C)(c1ccccc1)C(O)CCC1CC1. The third-order valence-corrected chi connectivity index (χ3v) is 3.90. The summed E-state index contributed by atoms with van der Waals surface area (Å²) in [4.78, 5) is 0. The lowest BCUT2D eigenvalue weighted by Crippen LogP contribution is -2.33. The average molecular weight is 218 g/mol. The normalized spacial score (nSPS) is 18.4. The van der Waals surface area contributed by atoms with Crippen LogP contribution in [0.2, 0.25) is 0 Å². The van der Waals surface area contributed by atoms with Gasteiger partial charge in [0.25, 0.3) is 0 Å². The molecule has 0 heterocycles. The first-order valence-corrected chi connectivity index (χ1v) is 6.34. The largest absolute Gasteiger partial charge is 0.392 e. The van der Waals surface area contributed by atoms with Crippen molar-refractivity contribution in [2.75, 3.05) is 0 Å². The van der Waals surface area contributed by atoms with Crippen molar-refractivity contribution in [2.45, 2.75) is 51.0 Å². The van der Waals surface area contributed by atoms with Crippen molar-refractivity contribution in [3.05, 3.63) is 35.9 Å². The van der Waals surface area contributed by atoms with E-state index in [2.05, 4.69) is 26.0 Å². The molecule has 1 N–H and O–H groups in total. The van der Waals surface area contributed by atoms with Crippen LogP contribution in [0.25, 0.3) is 0 Å². The van der Waals surface area contributed by atoms with Gasteiger partial charge >= 0.3 is 0 Å².